The van der Waals surface area contributed by atoms with Crippen LogP contribution in [0, 0.1) is 5.92 Å². The van der Waals surface area contributed by atoms with Gasteiger partial charge in [0.2, 0.25) is 0 Å². The summed E-state index contributed by atoms with van der Waals surface area (Å²) >= 11 is 0. The number of aliphatic hydroxyl groups is 1. The van der Waals surface area contributed by atoms with E-state index in [0.717, 1.165) is 24.0 Å². The van der Waals surface area contributed by atoms with Gasteiger partial charge in [0, 0.05) is 17.9 Å². The third-order valence-corrected chi connectivity index (χ3v) is 6.52. The molecule has 1 aromatic rings. The van der Waals surface area contributed by atoms with E-state index in [1.165, 1.54) is 6.08 Å². The molecule has 4 N–H and O–H groups in total. The van der Waals surface area contributed by atoms with Crippen molar-refractivity contribution in [1.82, 2.24) is 0 Å². The van der Waals surface area contributed by atoms with Crippen molar-refractivity contribution in [2.75, 3.05) is 7.11 Å². The fourth-order valence-electron chi connectivity index (χ4n) is 5.49. The maximum Gasteiger partial charge on any atom is 0.196 e. The Hall–Kier alpha value is -1.85. The first-order valence-electron chi connectivity index (χ1n) is 8.18. The van der Waals surface area contributed by atoms with Gasteiger partial charge in [-0.3, -0.25) is 4.79 Å². The van der Waals surface area contributed by atoms with E-state index in [9.17, 15) is 9.90 Å². The molecule has 5 atom stereocenters. The van der Waals surface area contributed by atoms with Crippen molar-refractivity contribution >= 4 is 5.78 Å². The normalized spacial score (nSPS) is 42.2. The number of ketones is 1. The van der Waals surface area contributed by atoms with Crippen molar-refractivity contribution < 1.29 is 25.1 Å². The summed E-state index contributed by atoms with van der Waals surface area (Å²) in [6.07, 6.45) is 4.92. The van der Waals surface area contributed by atoms with Crippen LogP contribution in [0.3, 0.4) is 0 Å². The van der Waals surface area contributed by atoms with Crippen molar-refractivity contribution in [3.8, 4) is 11.5 Å². The minimum Gasteiger partial charge on any atom is -0.493 e. The molecule has 1 aliphatic heterocycles. The third kappa shape index (κ3) is 1.28. The number of ether oxygens (including phenoxy) is 2. The zero-order chi connectivity index (χ0) is 16.0. The quantitative estimate of drug-likeness (QED) is 0.772. The SMILES string of the molecule is COc1ccc2c3c1OC1C(=O)C=C[C@@]4(O)[C@@H](C2)C([NH3+])CC[C@]314. The van der Waals surface area contributed by atoms with E-state index in [1.807, 2.05) is 6.07 Å². The fraction of sp³-hybridized carbons (Fsp3) is 0.500. The van der Waals surface area contributed by atoms with Crippen molar-refractivity contribution in [2.24, 2.45) is 5.92 Å². The summed E-state index contributed by atoms with van der Waals surface area (Å²) in [7, 11) is 1.60. The molecule has 1 aromatic carbocycles. The van der Waals surface area contributed by atoms with Gasteiger partial charge in [-0.2, -0.15) is 0 Å². The lowest BCUT2D eigenvalue weighted by Gasteiger charge is -2.58. The number of rotatable bonds is 1. The van der Waals surface area contributed by atoms with E-state index in [-0.39, 0.29) is 17.7 Å². The van der Waals surface area contributed by atoms with Crippen molar-refractivity contribution in [3.05, 3.63) is 35.4 Å². The lowest BCUT2D eigenvalue weighted by molar-refractivity contribution is -0.452. The molecule has 0 amide bonds. The van der Waals surface area contributed by atoms with Crippen LogP contribution in [0.15, 0.2) is 24.3 Å². The molecule has 0 aromatic heterocycles. The second-order valence-electron chi connectivity index (χ2n) is 7.27. The summed E-state index contributed by atoms with van der Waals surface area (Å²) < 4.78 is 11.6. The Morgan fingerprint density at radius 1 is 1.43 bits per heavy atom. The van der Waals surface area contributed by atoms with Gasteiger partial charge in [0.05, 0.1) is 18.6 Å². The summed E-state index contributed by atoms with van der Waals surface area (Å²) in [4.78, 5) is 12.6. The van der Waals surface area contributed by atoms with Crippen LogP contribution in [0.25, 0.3) is 0 Å². The first-order valence-corrected chi connectivity index (χ1v) is 8.18. The summed E-state index contributed by atoms with van der Waals surface area (Å²) in [5.74, 6) is 1.23. The number of quaternary nitrogens is 1. The van der Waals surface area contributed by atoms with Gasteiger partial charge in [0.25, 0.3) is 0 Å². The van der Waals surface area contributed by atoms with Crippen molar-refractivity contribution in [1.29, 1.82) is 0 Å². The van der Waals surface area contributed by atoms with Crippen LogP contribution in [0.2, 0.25) is 0 Å². The van der Waals surface area contributed by atoms with Gasteiger partial charge in [-0.15, -0.1) is 0 Å². The molecule has 5 nitrogen and oxygen atoms in total. The molecule has 5 heteroatoms. The van der Waals surface area contributed by atoms with E-state index in [4.69, 9.17) is 9.47 Å². The number of methoxy groups -OCH3 is 1. The Morgan fingerprint density at radius 2 is 2.26 bits per heavy atom. The molecule has 120 valence electrons. The fourth-order valence-corrected chi connectivity index (χ4v) is 5.49. The Kier molecular flexibility index (Phi) is 2.34. The second-order valence-corrected chi connectivity index (χ2v) is 7.27. The zero-order valence-corrected chi connectivity index (χ0v) is 13.0. The molecule has 1 spiro atoms. The summed E-state index contributed by atoms with van der Waals surface area (Å²) in [5.41, 5.74) is 4.67. The summed E-state index contributed by atoms with van der Waals surface area (Å²) in [6, 6.07) is 4.13. The molecule has 4 aliphatic rings. The molecular formula is C18H20NO4+. The maximum absolute atomic E-state index is 12.6. The van der Waals surface area contributed by atoms with Crippen LogP contribution in [0.1, 0.15) is 24.0 Å². The van der Waals surface area contributed by atoms with Crippen LogP contribution in [0.5, 0.6) is 11.5 Å². The lowest BCUT2D eigenvalue weighted by Crippen LogP contribution is -2.78. The molecular weight excluding hydrogens is 294 g/mol. The molecule has 0 radical (unpaired) electrons. The van der Waals surface area contributed by atoms with Crippen LogP contribution in [-0.4, -0.2) is 35.7 Å². The standard InChI is InChI=1S/C18H19NO4/c1-22-13-3-2-9-8-10-11(19)4-6-17-14(9)15(13)23-16(17)12(20)5-7-18(10,17)21/h2-3,5,7,10-11,16,21H,4,6,8,19H2,1H3/p+1/t10-,11?,16?,17-,18+/m0/s1. The minimum atomic E-state index is -1.07. The van der Waals surface area contributed by atoms with Crippen molar-refractivity contribution in [2.45, 2.75) is 42.4 Å². The predicted octanol–water partition coefficient (Wildman–Crippen LogP) is 0.141. The Bertz CT molecular complexity index is 773. The highest BCUT2D eigenvalue weighted by atomic mass is 16.5. The molecule has 2 bridgehead atoms. The Balaban J connectivity index is 1.89. The maximum atomic E-state index is 12.6. The molecule has 5 rings (SSSR count). The topological polar surface area (TPSA) is 83.4 Å². The van der Waals surface area contributed by atoms with E-state index in [1.54, 1.807) is 13.2 Å². The number of carbonyl (C=O) groups excluding carboxylic acids is 1. The largest absolute Gasteiger partial charge is 0.493 e. The van der Waals surface area contributed by atoms with E-state index in [2.05, 4.69) is 11.8 Å². The number of benzene rings is 1. The average Bonchev–Trinajstić information content (AvgIpc) is 2.90. The lowest BCUT2D eigenvalue weighted by atomic mass is 9.46. The molecule has 2 unspecified atom stereocenters. The predicted molar refractivity (Wildman–Crippen MR) is 81.3 cm³/mol. The highest BCUT2D eigenvalue weighted by Gasteiger charge is 2.72. The molecule has 1 heterocycles. The van der Waals surface area contributed by atoms with Gasteiger partial charge in [0.1, 0.15) is 5.60 Å². The summed E-state index contributed by atoms with van der Waals surface area (Å²) in [5, 5.41) is 11.7. The van der Waals surface area contributed by atoms with Crippen molar-refractivity contribution in [3.63, 3.8) is 0 Å². The van der Waals surface area contributed by atoms with Gasteiger partial charge in [-0.1, -0.05) is 6.07 Å². The van der Waals surface area contributed by atoms with E-state index < -0.39 is 17.1 Å². The van der Waals surface area contributed by atoms with Crippen LogP contribution in [0.4, 0.5) is 0 Å². The molecule has 1 saturated carbocycles. The second kappa shape index (κ2) is 3.97. The zero-order valence-electron chi connectivity index (χ0n) is 13.0. The highest BCUT2D eigenvalue weighted by molar-refractivity contribution is 5.98. The van der Waals surface area contributed by atoms with Crippen LogP contribution >= 0.6 is 0 Å². The average molecular weight is 314 g/mol. The summed E-state index contributed by atoms with van der Waals surface area (Å²) in [6.45, 7) is 0. The molecule has 23 heavy (non-hydrogen) atoms. The Labute approximate surface area is 134 Å². The van der Waals surface area contributed by atoms with E-state index >= 15 is 0 Å². The smallest absolute Gasteiger partial charge is 0.196 e. The minimum absolute atomic E-state index is 0.0125. The number of hydrogen-bond donors (Lipinski definition) is 2. The van der Waals surface area contributed by atoms with Gasteiger partial charge >= 0.3 is 0 Å². The van der Waals surface area contributed by atoms with Gasteiger partial charge < -0.3 is 20.3 Å². The molecule has 1 fully saturated rings. The Morgan fingerprint density at radius 3 is 3.04 bits per heavy atom. The first-order chi connectivity index (χ1) is 11.0. The number of carbonyl (C=O) groups is 1. The van der Waals surface area contributed by atoms with Gasteiger partial charge in [-0.05, 0) is 36.6 Å². The third-order valence-electron chi connectivity index (χ3n) is 6.52. The van der Waals surface area contributed by atoms with E-state index in [0.29, 0.717) is 17.9 Å². The molecule has 3 aliphatic carbocycles. The number of hydrogen-bond acceptors (Lipinski definition) is 4. The van der Waals surface area contributed by atoms with Gasteiger partial charge in [-0.25, -0.2) is 0 Å². The highest BCUT2D eigenvalue weighted by Crippen LogP contribution is 2.65. The van der Waals surface area contributed by atoms with Gasteiger partial charge in [0.15, 0.2) is 23.4 Å². The molecule has 0 saturated heterocycles. The monoisotopic (exact) mass is 314 g/mol. The van der Waals surface area contributed by atoms with Crippen LogP contribution in [-0.2, 0) is 16.6 Å². The first kappa shape index (κ1) is 13.6. The van der Waals surface area contributed by atoms with Crippen LogP contribution < -0.4 is 15.2 Å².